The third-order valence-electron chi connectivity index (χ3n) is 11.5. The van der Waals surface area contributed by atoms with Crippen molar-refractivity contribution in [2.45, 2.75) is 0 Å². The Labute approximate surface area is 315 Å². The molecule has 256 valence electrons. The van der Waals surface area contributed by atoms with E-state index in [0.29, 0.717) is 0 Å². The van der Waals surface area contributed by atoms with E-state index in [9.17, 15) is 0 Å². The molecule has 0 saturated heterocycles. The van der Waals surface area contributed by atoms with Crippen molar-refractivity contribution in [2.24, 2.45) is 0 Å². The maximum absolute atomic E-state index is 6.62. The van der Waals surface area contributed by atoms with Crippen LogP contribution in [0, 0.1) is 0 Å². The number of nitrogens with zero attached hydrogens (tertiary/aromatic N) is 1. The number of fused-ring (bicyclic) bond motifs is 10. The standard InChI is InChI=1S/C52H31NO2/c1-3-15-32(16-4-1)42-31-54-52-38(42)29-30-46-51(52)50-41(25-14-28-45(50)55-46)48-36-21-9-7-19-34(36)47(35-20-8-10-22-37(35)48)40-24-13-27-44-49(40)39-23-11-12-26-43(39)53(44)33-17-5-2-6-18-33/h1-31H. The van der Waals surface area contributed by atoms with Gasteiger partial charge in [-0.25, -0.2) is 0 Å². The van der Waals surface area contributed by atoms with E-state index < -0.39 is 0 Å². The fraction of sp³-hybridized carbons (Fsp3) is 0. The summed E-state index contributed by atoms with van der Waals surface area (Å²) in [6.07, 6.45) is 1.88. The fourth-order valence-electron chi connectivity index (χ4n) is 9.24. The summed E-state index contributed by atoms with van der Waals surface area (Å²) in [6.45, 7) is 0. The van der Waals surface area contributed by atoms with Crippen molar-refractivity contribution >= 4 is 76.3 Å². The molecule has 3 heteroatoms. The molecule has 0 aliphatic rings. The molecule has 3 nitrogen and oxygen atoms in total. The van der Waals surface area contributed by atoms with Gasteiger partial charge in [-0.2, -0.15) is 0 Å². The van der Waals surface area contributed by atoms with Crippen LogP contribution in [0.5, 0.6) is 0 Å². The summed E-state index contributed by atoms with van der Waals surface area (Å²) >= 11 is 0. The largest absolute Gasteiger partial charge is 0.463 e. The number of para-hydroxylation sites is 2. The summed E-state index contributed by atoms with van der Waals surface area (Å²) in [5.41, 5.74) is 13.0. The van der Waals surface area contributed by atoms with Gasteiger partial charge in [-0.05, 0) is 91.8 Å². The van der Waals surface area contributed by atoms with Crippen molar-refractivity contribution in [1.29, 1.82) is 0 Å². The summed E-state index contributed by atoms with van der Waals surface area (Å²) in [4.78, 5) is 0. The van der Waals surface area contributed by atoms with Crippen LogP contribution in [0.4, 0.5) is 0 Å². The van der Waals surface area contributed by atoms with Gasteiger partial charge in [-0.1, -0.05) is 140 Å². The Morgan fingerprint density at radius 1 is 0.345 bits per heavy atom. The zero-order chi connectivity index (χ0) is 36.0. The van der Waals surface area contributed by atoms with Crippen molar-refractivity contribution in [3.63, 3.8) is 0 Å². The Bertz CT molecular complexity index is 3420. The lowest BCUT2D eigenvalue weighted by molar-refractivity contribution is 0.619. The molecule has 3 heterocycles. The molecule has 12 aromatic rings. The Kier molecular flexibility index (Phi) is 6.34. The second kappa shape index (κ2) is 11.6. The molecule has 0 saturated carbocycles. The monoisotopic (exact) mass is 701 g/mol. The average Bonchev–Trinajstić information content (AvgIpc) is 3.95. The van der Waals surface area contributed by atoms with Crippen LogP contribution >= 0.6 is 0 Å². The summed E-state index contributed by atoms with van der Waals surface area (Å²) in [7, 11) is 0. The maximum atomic E-state index is 6.62. The lowest BCUT2D eigenvalue weighted by Gasteiger charge is -2.19. The highest BCUT2D eigenvalue weighted by Crippen LogP contribution is 2.50. The molecule has 0 radical (unpaired) electrons. The minimum absolute atomic E-state index is 0.815. The number of rotatable bonds is 4. The van der Waals surface area contributed by atoms with E-state index >= 15 is 0 Å². The van der Waals surface area contributed by atoms with Gasteiger partial charge in [0.2, 0.25) is 0 Å². The number of furan rings is 2. The summed E-state index contributed by atoms with van der Waals surface area (Å²) in [5.74, 6) is 0. The maximum Gasteiger partial charge on any atom is 0.146 e. The summed E-state index contributed by atoms with van der Waals surface area (Å²) in [5, 5.41) is 10.4. The SMILES string of the molecule is c1ccc(-c2coc3c2ccc2oc4cccc(-c5c6ccccc6c(-c6cccc7c6c6ccccc6n7-c6ccccc6)c6ccccc56)c4c23)cc1. The van der Waals surface area contributed by atoms with Crippen LogP contribution in [0.2, 0.25) is 0 Å². The van der Waals surface area contributed by atoms with Crippen LogP contribution in [0.3, 0.4) is 0 Å². The third kappa shape index (κ3) is 4.26. The van der Waals surface area contributed by atoms with Crippen LogP contribution < -0.4 is 0 Å². The molecular formula is C52H31NO2. The first-order valence-corrected chi connectivity index (χ1v) is 18.8. The first-order valence-electron chi connectivity index (χ1n) is 18.8. The predicted octanol–water partition coefficient (Wildman–Crippen LogP) is 14.7. The van der Waals surface area contributed by atoms with Gasteiger partial charge in [0, 0.05) is 32.8 Å². The molecule has 0 aliphatic heterocycles. The lowest BCUT2D eigenvalue weighted by Crippen LogP contribution is -1.94. The van der Waals surface area contributed by atoms with E-state index in [0.717, 1.165) is 55.3 Å². The summed E-state index contributed by atoms with van der Waals surface area (Å²) < 4.78 is 15.5. The quantitative estimate of drug-likeness (QED) is 0.171. The van der Waals surface area contributed by atoms with Gasteiger partial charge >= 0.3 is 0 Å². The van der Waals surface area contributed by atoms with Crippen molar-refractivity contribution in [1.82, 2.24) is 4.57 Å². The fourth-order valence-corrected chi connectivity index (χ4v) is 9.24. The van der Waals surface area contributed by atoms with Crippen LogP contribution in [-0.4, -0.2) is 4.57 Å². The van der Waals surface area contributed by atoms with Crippen LogP contribution in [0.25, 0.3) is 115 Å². The molecule has 0 amide bonds. The van der Waals surface area contributed by atoms with Crippen molar-refractivity contribution < 1.29 is 8.83 Å². The Hall–Kier alpha value is -7.36. The molecule has 0 atom stereocenters. The van der Waals surface area contributed by atoms with E-state index in [1.807, 2.05) is 12.3 Å². The molecule has 0 aliphatic carbocycles. The number of hydrogen-bond donors (Lipinski definition) is 0. The first kappa shape index (κ1) is 30.1. The first-order chi connectivity index (χ1) is 27.3. The molecule has 0 bridgehead atoms. The molecule has 12 rings (SSSR count). The number of benzene rings is 9. The molecule has 0 unspecified atom stereocenters. The second-order valence-corrected chi connectivity index (χ2v) is 14.3. The highest BCUT2D eigenvalue weighted by Gasteiger charge is 2.24. The van der Waals surface area contributed by atoms with Gasteiger partial charge in [0.1, 0.15) is 16.7 Å². The zero-order valence-electron chi connectivity index (χ0n) is 29.7. The van der Waals surface area contributed by atoms with Gasteiger partial charge in [0.25, 0.3) is 0 Å². The number of aromatic nitrogens is 1. The molecule has 9 aromatic carbocycles. The number of hydrogen-bond acceptors (Lipinski definition) is 2. The van der Waals surface area contributed by atoms with E-state index in [1.54, 1.807) is 0 Å². The Morgan fingerprint density at radius 2 is 0.891 bits per heavy atom. The van der Waals surface area contributed by atoms with Gasteiger partial charge in [0.05, 0.1) is 22.7 Å². The molecule has 55 heavy (non-hydrogen) atoms. The summed E-state index contributed by atoms with van der Waals surface area (Å²) in [6, 6.07) is 65.2. The Balaban J connectivity index is 1.20. The molecule has 0 fully saturated rings. The van der Waals surface area contributed by atoms with E-state index in [-0.39, 0.29) is 0 Å². The van der Waals surface area contributed by atoms with E-state index in [2.05, 4.69) is 180 Å². The van der Waals surface area contributed by atoms with Gasteiger partial charge in [-0.3, -0.25) is 0 Å². The van der Waals surface area contributed by atoms with Crippen LogP contribution in [-0.2, 0) is 0 Å². The Morgan fingerprint density at radius 3 is 1.58 bits per heavy atom. The van der Waals surface area contributed by atoms with Crippen LogP contribution in [0.15, 0.2) is 197 Å². The molecule has 0 N–H and O–H groups in total. The normalized spacial score (nSPS) is 12.0. The second-order valence-electron chi connectivity index (χ2n) is 14.3. The van der Waals surface area contributed by atoms with Gasteiger partial charge in [-0.15, -0.1) is 0 Å². The topological polar surface area (TPSA) is 31.2 Å². The van der Waals surface area contributed by atoms with Crippen molar-refractivity contribution in [3.05, 3.63) is 188 Å². The zero-order valence-corrected chi connectivity index (χ0v) is 29.7. The van der Waals surface area contributed by atoms with E-state index in [4.69, 9.17) is 8.83 Å². The molecular weight excluding hydrogens is 671 g/mol. The van der Waals surface area contributed by atoms with Crippen molar-refractivity contribution in [2.75, 3.05) is 0 Å². The van der Waals surface area contributed by atoms with Crippen LogP contribution in [0.1, 0.15) is 0 Å². The van der Waals surface area contributed by atoms with Gasteiger partial charge < -0.3 is 13.4 Å². The smallest absolute Gasteiger partial charge is 0.146 e. The van der Waals surface area contributed by atoms with E-state index in [1.165, 1.54) is 60.0 Å². The third-order valence-corrected chi connectivity index (χ3v) is 11.5. The molecule has 3 aromatic heterocycles. The molecule has 0 spiro atoms. The highest BCUT2D eigenvalue weighted by molar-refractivity contribution is 6.30. The highest BCUT2D eigenvalue weighted by atomic mass is 16.3. The van der Waals surface area contributed by atoms with Crippen molar-refractivity contribution in [3.8, 4) is 39.1 Å². The minimum atomic E-state index is 0.815. The average molecular weight is 702 g/mol. The predicted molar refractivity (Wildman–Crippen MR) is 229 cm³/mol. The van der Waals surface area contributed by atoms with Gasteiger partial charge in [0.15, 0.2) is 0 Å². The lowest BCUT2D eigenvalue weighted by atomic mass is 9.84. The minimum Gasteiger partial charge on any atom is -0.463 e.